The zero-order chi connectivity index (χ0) is 20.0. The van der Waals surface area contributed by atoms with Crippen LogP contribution in [0.25, 0.3) is 0 Å². The summed E-state index contributed by atoms with van der Waals surface area (Å²) >= 11 is 1.95. The fourth-order valence-electron chi connectivity index (χ4n) is 2.86. The molecule has 0 saturated heterocycles. The Labute approximate surface area is 173 Å². The summed E-state index contributed by atoms with van der Waals surface area (Å²) in [6, 6.07) is 1.87. The normalized spacial score (nSPS) is 16.1. The molecule has 0 heterocycles. The van der Waals surface area contributed by atoms with E-state index in [0.29, 0.717) is 47.5 Å². The van der Waals surface area contributed by atoms with Crippen molar-refractivity contribution in [2.75, 3.05) is 33.7 Å². The molecule has 0 bridgehead atoms. The fraction of sp³-hybridized carbons (Fsp3) is 0.632. The molecule has 1 atom stereocenters. The van der Waals surface area contributed by atoms with Gasteiger partial charge in [0.25, 0.3) is 0 Å². The highest BCUT2D eigenvalue weighted by molar-refractivity contribution is 14.1. The molecule has 0 aromatic heterocycles. The molecule has 1 aromatic carbocycles. The average Bonchev–Trinajstić information content (AvgIpc) is 2.99. The highest BCUT2D eigenvalue weighted by Gasteiger charge is 2.28. The second-order valence-electron chi connectivity index (χ2n) is 7.46. The van der Waals surface area contributed by atoms with Gasteiger partial charge in [0.2, 0.25) is 0 Å². The predicted octanol–water partition coefficient (Wildman–Crippen LogP) is 3.67. The van der Waals surface area contributed by atoms with E-state index in [2.05, 4.69) is 5.32 Å². The van der Waals surface area contributed by atoms with Gasteiger partial charge in [0.05, 0.1) is 16.8 Å². The van der Waals surface area contributed by atoms with Crippen LogP contribution in [0.4, 0.5) is 9.18 Å². The Bertz CT molecular complexity index is 662. The van der Waals surface area contributed by atoms with Gasteiger partial charge in [-0.25, -0.2) is 9.18 Å². The lowest BCUT2D eigenvalue weighted by atomic mass is 10.1. The van der Waals surface area contributed by atoms with Crippen molar-refractivity contribution in [1.29, 1.82) is 0 Å². The van der Waals surface area contributed by atoms with E-state index in [9.17, 15) is 9.18 Å². The molecule has 6 nitrogen and oxygen atoms in total. The number of fused-ring (bicyclic) bond motifs is 1. The molecule has 0 aliphatic heterocycles. The quantitative estimate of drug-likeness (QED) is 0.339. The van der Waals surface area contributed by atoms with Gasteiger partial charge in [-0.15, -0.1) is 0 Å². The second kappa shape index (κ2) is 9.88. The first-order chi connectivity index (χ1) is 12.7. The van der Waals surface area contributed by atoms with Gasteiger partial charge in [0, 0.05) is 13.7 Å². The molecule has 1 amide bonds. The van der Waals surface area contributed by atoms with E-state index in [1.54, 1.807) is 7.11 Å². The SMILES string of the molecule is COCCOCOc1cc2c(c(F)c1I)CC(CNC(=O)OC(C)(C)C)C2. The van der Waals surface area contributed by atoms with Crippen LogP contribution < -0.4 is 10.1 Å². The smallest absolute Gasteiger partial charge is 0.407 e. The Kier molecular flexibility index (Phi) is 8.11. The molecule has 27 heavy (non-hydrogen) atoms. The lowest BCUT2D eigenvalue weighted by Crippen LogP contribution is -2.35. The third-order valence-electron chi connectivity index (χ3n) is 4.03. The zero-order valence-electron chi connectivity index (χ0n) is 16.2. The van der Waals surface area contributed by atoms with Crippen LogP contribution >= 0.6 is 22.6 Å². The van der Waals surface area contributed by atoms with Crippen LogP contribution in [0.15, 0.2) is 6.07 Å². The summed E-state index contributed by atoms with van der Waals surface area (Å²) in [5.74, 6) is 0.357. The Hall–Kier alpha value is -1.13. The standard InChI is InChI=1S/C19H27FINO5/c1-19(2,3)27-18(23)22-10-12-7-13-9-15(26-11-25-6-5-24-4)17(21)16(20)14(13)8-12/h9,12H,5-8,10-11H2,1-4H3,(H,22,23). The number of nitrogens with one attached hydrogen (secondary N) is 1. The van der Waals surface area contributed by atoms with Crippen LogP contribution in [0.1, 0.15) is 31.9 Å². The molecule has 1 aliphatic rings. The van der Waals surface area contributed by atoms with Gasteiger partial charge in [0.15, 0.2) is 6.79 Å². The minimum Gasteiger partial charge on any atom is -0.466 e. The maximum Gasteiger partial charge on any atom is 0.407 e. The van der Waals surface area contributed by atoms with E-state index in [1.807, 2.05) is 49.4 Å². The number of ether oxygens (including phenoxy) is 4. The van der Waals surface area contributed by atoms with Gasteiger partial charge >= 0.3 is 6.09 Å². The molecule has 0 spiro atoms. The minimum absolute atomic E-state index is 0.0429. The molecular formula is C19H27FINO5. The number of carbonyl (C=O) groups is 1. The molecule has 2 rings (SSSR count). The summed E-state index contributed by atoms with van der Waals surface area (Å²) < 4.78 is 36.2. The molecule has 1 N–H and O–H groups in total. The molecular weight excluding hydrogens is 468 g/mol. The van der Waals surface area contributed by atoms with Crippen molar-refractivity contribution in [3.63, 3.8) is 0 Å². The zero-order valence-corrected chi connectivity index (χ0v) is 18.4. The van der Waals surface area contributed by atoms with Gasteiger partial charge in [-0.3, -0.25) is 0 Å². The maximum atomic E-state index is 14.7. The van der Waals surface area contributed by atoms with E-state index in [1.165, 1.54) is 0 Å². The van der Waals surface area contributed by atoms with Gasteiger partial charge in [-0.1, -0.05) is 0 Å². The fourth-order valence-corrected chi connectivity index (χ4v) is 3.50. The minimum atomic E-state index is -0.539. The van der Waals surface area contributed by atoms with Crippen molar-refractivity contribution in [2.45, 2.75) is 39.2 Å². The van der Waals surface area contributed by atoms with Crippen LogP contribution in [-0.4, -0.2) is 45.4 Å². The number of hydrogen-bond donors (Lipinski definition) is 1. The first kappa shape index (κ1) is 22.2. The Morgan fingerprint density at radius 1 is 1.33 bits per heavy atom. The predicted molar refractivity (Wildman–Crippen MR) is 108 cm³/mol. The van der Waals surface area contributed by atoms with Crippen molar-refractivity contribution in [3.8, 4) is 5.75 Å². The van der Waals surface area contributed by atoms with Crippen molar-refractivity contribution in [1.82, 2.24) is 5.32 Å². The largest absolute Gasteiger partial charge is 0.466 e. The number of halogens is 2. The van der Waals surface area contributed by atoms with E-state index in [-0.39, 0.29) is 18.5 Å². The van der Waals surface area contributed by atoms with Crippen molar-refractivity contribution in [2.24, 2.45) is 5.92 Å². The number of carbonyl (C=O) groups excluding carboxylic acids is 1. The Morgan fingerprint density at radius 3 is 2.74 bits per heavy atom. The molecule has 0 radical (unpaired) electrons. The molecule has 1 unspecified atom stereocenters. The monoisotopic (exact) mass is 495 g/mol. The van der Waals surface area contributed by atoms with Crippen LogP contribution in [0.3, 0.4) is 0 Å². The van der Waals surface area contributed by atoms with Crippen molar-refractivity contribution >= 4 is 28.7 Å². The summed E-state index contributed by atoms with van der Waals surface area (Å²) in [6.45, 7) is 6.82. The van der Waals surface area contributed by atoms with Gasteiger partial charge < -0.3 is 24.3 Å². The summed E-state index contributed by atoms with van der Waals surface area (Å²) in [5, 5.41) is 2.77. The van der Waals surface area contributed by atoms with Crippen LogP contribution in [0.2, 0.25) is 0 Å². The van der Waals surface area contributed by atoms with E-state index in [4.69, 9.17) is 18.9 Å². The lowest BCUT2D eigenvalue weighted by Gasteiger charge is -2.20. The third-order valence-corrected chi connectivity index (χ3v) is 5.04. The van der Waals surface area contributed by atoms with E-state index < -0.39 is 11.7 Å². The number of alkyl carbamates (subject to hydrolysis) is 1. The molecule has 1 aliphatic carbocycles. The van der Waals surface area contributed by atoms with Crippen molar-refractivity contribution < 1.29 is 28.1 Å². The second-order valence-corrected chi connectivity index (χ2v) is 8.54. The van der Waals surface area contributed by atoms with Crippen LogP contribution in [0.5, 0.6) is 5.75 Å². The summed E-state index contributed by atoms with van der Waals surface area (Å²) in [4.78, 5) is 11.8. The Balaban J connectivity index is 1.92. The first-order valence-electron chi connectivity index (χ1n) is 8.87. The third kappa shape index (κ3) is 6.76. The van der Waals surface area contributed by atoms with Gasteiger partial charge in [0.1, 0.15) is 17.2 Å². The van der Waals surface area contributed by atoms with Gasteiger partial charge in [-0.2, -0.15) is 0 Å². The molecule has 0 saturated carbocycles. The van der Waals surface area contributed by atoms with E-state index >= 15 is 0 Å². The van der Waals surface area contributed by atoms with Crippen LogP contribution in [-0.2, 0) is 27.1 Å². The highest BCUT2D eigenvalue weighted by atomic mass is 127. The first-order valence-corrected chi connectivity index (χ1v) is 9.95. The maximum absolute atomic E-state index is 14.7. The van der Waals surface area contributed by atoms with Crippen molar-refractivity contribution in [3.05, 3.63) is 26.6 Å². The summed E-state index contributed by atoms with van der Waals surface area (Å²) in [7, 11) is 1.59. The topological polar surface area (TPSA) is 66.0 Å². The molecule has 152 valence electrons. The van der Waals surface area contributed by atoms with E-state index in [0.717, 1.165) is 5.56 Å². The van der Waals surface area contributed by atoms with Gasteiger partial charge in [-0.05, 0) is 79.3 Å². The highest BCUT2D eigenvalue weighted by Crippen LogP contribution is 2.36. The number of rotatable bonds is 8. The number of benzene rings is 1. The Morgan fingerprint density at radius 2 is 2.07 bits per heavy atom. The lowest BCUT2D eigenvalue weighted by molar-refractivity contribution is -0.00901. The molecule has 1 aromatic rings. The number of hydrogen-bond acceptors (Lipinski definition) is 5. The molecule has 8 heteroatoms. The number of methoxy groups -OCH3 is 1. The summed E-state index contributed by atoms with van der Waals surface area (Å²) in [6.07, 6.45) is 0.808. The van der Waals surface area contributed by atoms with Crippen LogP contribution in [0, 0.1) is 15.3 Å². The summed E-state index contributed by atoms with van der Waals surface area (Å²) in [5.41, 5.74) is 1.07. The average molecular weight is 495 g/mol. The molecule has 0 fully saturated rings. The number of amides is 1.